The van der Waals surface area contributed by atoms with Crippen molar-refractivity contribution in [2.24, 2.45) is 5.16 Å². The molecule has 160 valence electrons. The van der Waals surface area contributed by atoms with Gasteiger partial charge in [-0.2, -0.15) is 0 Å². The van der Waals surface area contributed by atoms with Crippen molar-refractivity contribution >= 4 is 23.3 Å². The molecule has 0 unspecified atom stereocenters. The van der Waals surface area contributed by atoms with Crippen molar-refractivity contribution in [1.82, 2.24) is 10.2 Å². The smallest absolute Gasteiger partial charge is 0.317 e. The van der Waals surface area contributed by atoms with E-state index in [4.69, 9.17) is 25.9 Å². The zero-order valence-corrected chi connectivity index (χ0v) is 18.1. The summed E-state index contributed by atoms with van der Waals surface area (Å²) in [6, 6.07) is 13.0. The average Bonchev–Trinajstić information content (AvgIpc) is 3.21. The van der Waals surface area contributed by atoms with Crippen LogP contribution in [0.25, 0.3) is 0 Å². The largest absolute Gasteiger partial charge is 0.493 e. The van der Waals surface area contributed by atoms with Crippen LogP contribution < -0.4 is 14.8 Å². The number of nitrogens with one attached hydrogen (secondary N) is 1. The number of methoxy groups -OCH3 is 2. The fraction of sp³-hybridized carbons (Fsp3) is 0.364. The van der Waals surface area contributed by atoms with Crippen molar-refractivity contribution in [2.75, 3.05) is 27.3 Å². The summed E-state index contributed by atoms with van der Waals surface area (Å²) in [6.45, 7) is 3.26. The number of oxime groups is 1. The first-order valence-corrected chi connectivity index (χ1v) is 10.1. The number of hydrogen-bond donors (Lipinski definition) is 1. The van der Waals surface area contributed by atoms with Crippen LogP contribution in [-0.4, -0.2) is 50.1 Å². The Hall–Kier alpha value is -2.93. The van der Waals surface area contributed by atoms with E-state index in [0.717, 1.165) is 16.8 Å². The van der Waals surface area contributed by atoms with Crippen LogP contribution in [0, 0.1) is 0 Å². The SMILES string of the molecule is CCNC(=O)N(Cc1cccc(Cl)c1)C[C@H]1CC(c2ccc(OC)c(OC)c2)=NO1. The molecule has 1 atom stereocenters. The van der Waals surface area contributed by atoms with E-state index in [0.29, 0.717) is 42.6 Å². The molecule has 0 saturated carbocycles. The quantitative estimate of drug-likeness (QED) is 0.683. The van der Waals surface area contributed by atoms with Gasteiger partial charge in [0.05, 0.1) is 26.5 Å². The fourth-order valence-electron chi connectivity index (χ4n) is 3.30. The molecule has 1 N–H and O–H groups in total. The van der Waals surface area contributed by atoms with E-state index in [-0.39, 0.29) is 12.1 Å². The molecule has 0 aliphatic carbocycles. The summed E-state index contributed by atoms with van der Waals surface area (Å²) in [7, 11) is 3.19. The summed E-state index contributed by atoms with van der Waals surface area (Å²) in [4.78, 5) is 19.9. The summed E-state index contributed by atoms with van der Waals surface area (Å²) in [6.07, 6.45) is 0.343. The van der Waals surface area contributed by atoms with Gasteiger partial charge in [-0.1, -0.05) is 28.9 Å². The fourth-order valence-corrected chi connectivity index (χ4v) is 3.51. The summed E-state index contributed by atoms with van der Waals surface area (Å²) in [5.41, 5.74) is 2.65. The highest BCUT2D eigenvalue weighted by Crippen LogP contribution is 2.29. The van der Waals surface area contributed by atoms with Gasteiger partial charge in [0.2, 0.25) is 0 Å². The molecule has 7 nitrogen and oxygen atoms in total. The topological polar surface area (TPSA) is 72.4 Å². The predicted molar refractivity (Wildman–Crippen MR) is 117 cm³/mol. The van der Waals surface area contributed by atoms with Gasteiger partial charge in [-0.3, -0.25) is 0 Å². The highest BCUT2D eigenvalue weighted by Gasteiger charge is 2.27. The Kier molecular flexibility index (Phi) is 7.41. The van der Waals surface area contributed by atoms with Crippen LogP contribution in [0.4, 0.5) is 4.79 Å². The monoisotopic (exact) mass is 431 g/mol. The molecule has 0 spiro atoms. The molecule has 3 rings (SSSR count). The third-order valence-electron chi connectivity index (χ3n) is 4.75. The maximum absolute atomic E-state index is 12.6. The second kappa shape index (κ2) is 10.2. The summed E-state index contributed by atoms with van der Waals surface area (Å²) < 4.78 is 10.7. The highest BCUT2D eigenvalue weighted by atomic mass is 35.5. The molecular formula is C22H26ClN3O4. The second-order valence-corrected chi connectivity index (χ2v) is 7.32. The minimum absolute atomic E-state index is 0.152. The van der Waals surface area contributed by atoms with Crippen molar-refractivity contribution in [3.63, 3.8) is 0 Å². The zero-order chi connectivity index (χ0) is 21.5. The van der Waals surface area contributed by atoms with Crippen LogP contribution in [0.2, 0.25) is 5.02 Å². The van der Waals surface area contributed by atoms with Gasteiger partial charge in [-0.15, -0.1) is 0 Å². The number of amides is 2. The van der Waals surface area contributed by atoms with E-state index in [1.807, 2.05) is 49.4 Å². The summed E-state index contributed by atoms with van der Waals surface area (Å²) >= 11 is 6.09. The van der Waals surface area contributed by atoms with E-state index < -0.39 is 0 Å². The first-order valence-electron chi connectivity index (χ1n) is 9.76. The minimum Gasteiger partial charge on any atom is -0.493 e. The first kappa shape index (κ1) is 21.8. The van der Waals surface area contributed by atoms with E-state index >= 15 is 0 Å². The Bertz CT molecular complexity index is 919. The maximum Gasteiger partial charge on any atom is 0.317 e. The molecule has 0 bridgehead atoms. The Labute approximate surface area is 181 Å². The normalized spacial score (nSPS) is 15.2. The van der Waals surface area contributed by atoms with Gasteiger partial charge in [0.1, 0.15) is 0 Å². The lowest BCUT2D eigenvalue weighted by atomic mass is 10.0. The number of carbonyl (C=O) groups is 1. The lowest BCUT2D eigenvalue weighted by molar-refractivity contribution is 0.0590. The van der Waals surface area contributed by atoms with Crippen LogP contribution in [0.3, 0.4) is 0 Å². The molecule has 1 aliphatic rings. The molecule has 2 aromatic rings. The molecule has 0 fully saturated rings. The Morgan fingerprint density at radius 3 is 2.73 bits per heavy atom. The molecule has 2 amide bonds. The zero-order valence-electron chi connectivity index (χ0n) is 17.4. The van der Waals surface area contributed by atoms with Crippen LogP contribution >= 0.6 is 11.6 Å². The number of urea groups is 1. The number of hydrogen-bond acceptors (Lipinski definition) is 5. The molecule has 0 saturated heterocycles. The van der Waals surface area contributed by atoms with E-state index in [9.17, 15) is 4.79 Å². The van der Waals surface area contributed by atoms with Gasteiger partial charge < -0.3 is 24.5 Å². The number of carbonyl (C=O) groups excluding carboxylic acids is 1. The van der Waals surface area contributed by atoms with Crippen molar-refractivity contribution in [2.45, 2.75) is 26.0 Å². The van der Waals surface area contributed by atoms with Gasteiger partial charge in [-0.25, -0.2) is 4.79 Å². The molecule has 0 aromatic heterocycles. The number of benzene rings is 2. The average molecular weight is 432 g/mol. The van der Waals surface area contributed by atoms with Crippen molar-refractivity contribution in [3.05, 3.63) is 58.6 Å². The van der Waals surface area contributed by atoms with Gasteiger partial charge in [0.15, 0.2) is 17.6 Å². The third-order valence-corrected chi connectivity index (χ3v) is 4.99. The summed E-state index contributed by atoms with van der Waals surface area (Å²) in [5, 5.41) is 7.73. The van der Waals surface area contributed by atoms with Crippen LogP contribution in [0.15, 0.2) is 47.6 Å². The molecule has 1 aliphatic heterocycles. The van der Waals surface area contributed by atoms with Crippen LogP contribution in [0.1, 0.15) is 24.5 Å². The van der Waals surface area contributed by atoms with E-state index in [1.165, 1.54) is 0 Å². The molecule has 1 heterocycles. The first-order chi connectivity index (χ1) is 14.5. The van der Waals surface area contributed by atoms with Gasteiger partial charge in [-0.05, 0) is 42.8 Å². The number of halogens is 1. The lowest BCUT2D eigenvalue weighted by Crippen LogP contribution is -2.43. The third kappa shape index (κ3) is 5.36. The second-order valence-electron chi connectivity index (χ2n) is 6.89. The van der Waals surface area contributed by atoms with Crippen LogP contribution in [0.5, 0.6) is 11.5 Å². The predicted octanol–water partition coefficient (Wildman–Crippen LogP) is 4.08. The number of ether oxygens (including phenoxy) is 2. The Morgan fingerprint density at radius 2 is 2.03 bits per heavy atom. The molecule has 0 radical (unpaired) electrons. The molecule has 30 heavy (non-hydrogen) atoms. The van der Waals surface area contributed by atoms with Gasteiger partial charge in [0.25, 0.3) is 0 Å². The minimum atomic E-state index is -0.241. The molecule has 2 aromatic carbocycles. The standard InChI is InChI=1S/C22H26ClN3O4/c1-4-24-22(27)26(13-15-6-5-7-17(23)10-15)14-18-12-19(25-30-18)16-8-9-20(28-2)21(11-16)29-3/h5-11,18H,4,12-14H2,1-3H3,(H,24,27)/t18-/m1/s1. The summed E-state index contributed by atoms with van der Waals surface area (Å²) in [5.74, 6) is 1.28. The van der Waals surface area contributed by atoms with E-state index in [2.05, 4.69) is 10.5 Å². The van der Waals surface area contributed by atoms with Gasteiger partial charge in [0, 0.05) is 30.1 Å². The number of nitrogens with zero attached hydrogens (tertiary/aromatic N) is 2. The Morgan fingerprint density at radius 1 is 1.23 bits per heavy atom. The maximum atomic E-state index is 12.6. The van der Waals surface area contributed by atoms with E-state index in [1.54, 1.807) is 19.1 Å². The molecule has 8 heteroatoms. The van der Waals surface area contributed by atoms with Gasteiger partial charge >= 0.3 is 6.03 Å². The van der Waals surface area contributed by atoms with Crippen LogP contribution in [-0.2, 0) is 11.4 Å². The lowest BCUT2D eigenvalue weighted by Gasteiger charge is -2.25. The Balaban J connectivity index is 1.68. The number of rotatable bonds is 8. The van der Waals surface area contributed by atoms with Crippen molar-refractivity contribution in [1.29, 1.82) is 0 Å². The highest BCUT2D eigenvalue weighted by molar-refractivity contribution is 6.30. The van der Waals surface area contributed by atoms with Crippen molar-refractivity contribution in [3.8, 4) is 11.5 Å². The molecular weight excluding hydrogens is 406 g/mol. The van der Waals surface area contributed by atoms with Crippen molar-refractivity contribution < 1.29 is 19.1 Å².